The zero-order valence-electron chi connectivity index (χ0n) is 10.5. The first-order valence-electron chi connectivity index (χ1n) is 5.36. The topological polar surface area (TPSA) is 18.5 Å². The molecule has 0 spiro atoms. The average Bonchev–Trinajstić information content (AvgIpc) is 2.15. The van der Waals surface area contributed by atoms with E-state index in [1.165, 1.54) is 0 Å². The molecular formula is C13H22O2. The minimum atomic E-state index is -0.315. The third-order valence-electron chi connectivity index (χ3n) is 1.82. The number of ether oxygens (including phenoxy) is 2. The van der Waals surface area contributed by atoms with Gasteiger partial charge in [0.1, 0.15) is 0 Å². The molecule has 15 heavy (non-hydrogen) atoms. The highest BCUT2D eigenvalue weighted by molar-refractivity contribution is 5.26. The van der Waals surface area contributed by atoms with Crippen LogP contribution in [0.15, 0.2) is 12.2 Å². The van der Waals surface area contributed by atoms with E-state index in [1.54, 1.807) is 0 Å². The first kappa shape index (κ1) is 14.2. The Kier molecular flexibility index (Phi) is 6.31. The Balaban J connectivity index is 4.63. The van der Waals surface area contributed by atoms with Gasteiger partial charge in [0.05, 0.1) is 5.41 Å². The summed E-state index contributed by atoms with van der Waals surface area (Å²) in [6.45, 7) is 14.8. The molecule has 0 unspecified atom stereocenters. The summed E-state index contributed by atoms with van der Waals surface area (Å²) >= 11 is 0. The first-order chi connectivity index (χ1) is 6.94. The van der Waals surface area contributed by atoms with Gasteiger partial charge in [0.2, 0.25) is 0 Å². The van der Waals surface area contributed by atoms with E-state index in [4.69, 9.17) is 9.47 Å². The van der Waals surface area contributed by atoms with Gasteiger partial charge in [0.15, 0.2) is 6.29 Å². The number of hydrogen-bond donors (Lipinski definition) is 0. The van der Waals surface area contributed by atoms with Gasteiger partial charge in [-0.2, -0.15) is 0 Å². The van der Waals surface area contributed by atoms with Crippen LogP contribution in [0, 0.1) is 17.3 Å². The molecule has 0 saturated carbocycles. The van der Waals surface area contributed by atoms with Gasteiger partial charge in [0, 0.05) is 13.2 Å². The highest BCUT2D eigenvalue weighted by Gasteiger charge is 2.28. The second kappa shape index (κ2) is 6.66. The van der Waals surface area contributed by atoms with Crippen LogP contribution in [-0.4, -0.2) is 19.5 Å². The predicted octanol–water partition coefficient (Wildman–Crippen LogP) is 2.99. The molecule has 0 bridgehead atoms. The Morgan fingerprint density at radius 3 is 2.07 bits per heavy atom. The molecule has 0 amide bonds. The molecule has 0 aromatic rings. The van der Waals surface area contributed by atoms with Crippen molar-refractivity contribution in [2.45, 2.75) is 40.9 Å². The molecule has 0 aromatic carbocycles. The Morgan fingerprint density at radius 1 is 1.27 bits per heavy atom. The fourth-order valence-electron chi connectivity index (χ4n) is 1.09. The van der Waals surface area contributed by atoms with Crippen LogP contribution < -0.4 is 0 Å². The number of allylic oxidation sites excluding steroid dienone is 1. The summed E-state index contributed by atoms with van der Waals surface area (Å²) in [7, 11) is 0. The Labute approximate surface area is 93.7 Å². The molecule has 2 heteroatoms. The van der Waals surface area contributed by atoms with E-state index < -0.39 is 0 Å². The summed E-state index contributed by atoms with van der Waals surface area (Å²) in [5.41, 5.74) is 0.542. The van der Waals surface area contributed by atoms with Crippen molar-refractivity contribution in [1.29, 1.82) is 0 Å². The molecule has 0 heterocycles. The fraction of sp³-hybridized carbons (Fsp3) is 0.692. The predicted molar refractivity (Wildman–Crippen MR) is 63.4 cm³/mol. The molecular weight excluding hydrogens is 188 g/mol. The second-order valence-electron chi connectivity index (χ2n) is 3.99. The highest BCUT2D eigenvalue weighted by Crippen LogP contribution is 2.23. The molecule has 0 aliphatic rings. The maximum absolute atomic E-state index is 5.53. The second-order valence-corrected chi connectivity index (χ2v) is 3.99. The lowest BCUT2D eigenvalue weighted by molar-refractivity contribution is -0.178. The lowest BCUT2D eigenvalue weighted by atomic mass is 9.93. The number of rotatable bonds is 5. The molecule has 2 nitrogen and oxygen atoms in total. The first-order valence-corrected chi connectivity index (χ1v) is 5.36. The van der Waals surface area contributed by atoms with Gasteiger partial charge in [-0.3, -0.25) is 0 Å². The zero-order valence-corrected chi connectivity index (χ0v) is 10.5. The SMILES string of the molecule is C=C(C)C#CC(C)(C)C(OCC)OCC. The Morgan fingerprint density at radius 2 is 1.73 bits per heavy atom. The molecule has 0 aliphatic carbocycles. The standard InChI is InChI=1S/C13H22O2/c1-7-14-12(15-8-2)13(5,6)10-9-11(3)4/h12H,3,7-8H2,1-2,4-6H3. The Hall–Kier alpha value is -0.780. The van der Waals surface area contributed by atoms with Crippen LogP contribution in [-0.2, 0) is 9.47 Å². The Bertz CT molecular complexity index is 249. The van der Waals surface area contributed by atoms with Crippen LogP contribution >= 0.6 is 0 Å². The van der Waals surface area contributed by atoms with E-state index in [2.05, 4.69) is 18.4 Å². The van der Waals surface area contributed by atoms with Crippen molar-refractivity contribution in [3.8, 4) is 11.8 Å². The van der Waals surface area contributed by atoms with Crippen LogP contribution in [0.5, 0.6) is 0 Å². The zero-order chi connectivity index (χ0) is 11.9. The maximum atomic E-state index is 5.53. The molecule has 0 aromatic heterocycles. The van der Waals surface area contributed by atoms with Gasteiger partial charge in [-0.15, -0.1) is 0 Å². The van der Waals surface area contributed by atoms with Gasteiger partial charge < -0.3 is 9.47 Å². The summed E-state index contributed by atoms with van der Waals surface area (Å²) in [5, 5.41) is 0. The largest absolute Gasteiger partial charge is 0.351 e. The van der Waals surface area contributed by atoms with Gasteiger partial charge in [-0.25, -0.2) is 0 Å². The van der Waals surface area contributed by atoms with Gasteiger partial charge >= 0.3 is 0 Å². The van der Waals surface area contributed by atoms with Crippen LogP contribution in [0.3, 0.4) is 0 Å². The van der Waals surface area contributed by atoms with Gasteiger partial charge in [-0.05, 0) is 40.2 Å². The summed E-state index contributed by atoms with van der Waals surface area (Å²) in [4.78, 5) is 0. The van der Waals surface area contributed by atoms with Gasteiger partial charge in [-0.1, -0.05) is 18.4 Å². The quantitative estimate of drug-likeness (QED) is 0.513. The van der Waals surface area contributed by atoms with Crippen LogP contribution in [0.2, 0.25) is 0 Å². The van der Waals surface area contributed by atoms with Crippen molar-refractivity contribution in [3.05, 3.63) is 12.2 Å². The van der Waals surface area contributed by atoms with E-state index in [1.807, 2.05) is 34.6 Å². The number of hydrogen-bond acceptors (Lipinski definition) is 2. The molecule has 0 aliphatic heterocycles. The minimum Gasteiger partial charge on any atom is -0.351 e. The summed E-state index contributed by atoms with van der Waals surface area (Å²) in [5.74, 6) is 6.11. The molecule has 0 fully saturated rings. The normalized spacial score (nSPS) is 11.1. The van der Waals surface area contributed by atoms with Gasteiger partial charge in [0.25, 0.3) is 0 Å². The molecule has 86 valence electrons. The van der Waals surface area contributed by atoms with Crippen molar-refractivity contribution in [1.82, 2.24) is 0 Å². The van der Waals surface area contributed by atoms with Crippen molar-refractivity contribution in [2.24, 2.45) is 5.41 Å². The van der Waals surface area contributed by atoms with Crippen LogP contribution in [0.4, 0.5) is 0 Å². The summed E-state index contributed by atoms with van der Waals surface area (Å²) in [6, 6.07) is 0. The van der Waals surface area contributed by atoms with Crippen LogP contribution in [0.1, 0.15) is 34.6 Å². The molecule has 0 rings (SSSR count). The molecule has 0 N–H and O–H groups in total. The third kappa shape index (κ3) is 5.61. The van der Waals surface area contributed by atoms with E-state index in [9.17, 15) is 0 Å². The van der Waals surface area contributed by atoms with Crippen molar-refractivity contribution in [2.75, 3.05) is 13.2 Å². The minimum absolute atomic E-state index is 0.278. The van der Waals surface area contributed by atoms with E-state index in [0.717, 1.165) is 5.57 Å². The highest BCUT2D eigenvalue weighted by atomic mass is 16.7. The molecule has 0 atom stereocenters. The van der Waals surface area contributed by atoms with Crippen molar-refractivity contribution >= 4 is 0 Å². The van der Waals surface area contributed by atoms with E-state index in [0.29, 0.717) is 13.2 Å². The van der Waals surface area contributed by atoms with E-state index >= 15 is 0 Å². The third-order valence-corrected chi connectivity index (χ3v) is 1.82. The van der Waals surface area contributed by atoms with E-state index in [-0.39, 0.29) is 11.7 Å². The summed E-state index contributed by atoms with van der Waals surface area (Å²) in [6.07, 6.45) is -0.278. The molecule has 0 radical (unpaired) electrons. The van der Waals surface area contributed by atoms with Crippen LogP contribution in [0.25, 0.3) is 0 Å². The van der Waals surface area contributed by atoms with Crippen molar-refractivity contribution < 1.29 is 9.47 Å². The fourth-order valence-corrected chi connectivity index (χ4v) is 1.09. The maximum Gasteiger partial charge on any atom is 0.173 e. The monoisotopic (exact) mass is 210 g/mol. The lowest BCUT2D eigenvalue weighted by Crippen LogP contribution is -2.33. The average molecular weight is 210 g/mol. The lowest BCUT2D eigenvalue weighted by Gasteiger charge is -2.28. The van der Waals surface area contributed by atoms with Crippen molar-refractivity contribution in [3.63, 3.8) is 0 Å². The smallest absolute Gasteiger partial charge is 0.173 e. The molecule has 0 saturated heterocycles. The summed E-state index contributed by atoms with van der Waals surface area (Å²) < 4.78 is 11.1.